The normalized spacial score (nSPS) is 11.3. The summed E-state index contributed by atoms with van der Waals surface area (Å²) in [5, 5.41) is 0. The average molecular weight is 307 g/mol. The number of hydrogen-bond acceptors (Lipinski definition) is 3. The number of benzene rings is 1. The van der Waals surface area contributed by atoms with Crippen LogP contribution in [-0.2, 0) is 10.0 Å². The first-order valence-electron chi connectivity index (χ1n) is 6.00. The van der Waals surface area contributed by atoms with Gasteiger partial charge in [-0.25, -0.2) is 13.1 Å². The van der Waals surface area contributed by atoms with E-state index in [9.17, 15) is 8.42 Å². The second-order valence-electron chi connectivity index (χ2n) is 4.64. The van der Waals surface area contributed by atoms with Crippen molar-refractivity contribution < 1.29 is 8.42 Å². The molecule has 1 rings (SSSR count). The zero-order valence-corrected chi connectivity index (χ0v) is 13.8. The first-order valence-corrected chi connectivity index (χ1v) is 7.49. The first-order chi connectivity index (χ1) is 8.24. The third kappa shape index (κ3) is 3.48. The second-order valence-corrected chi connectivity index (χ2v) is 6.34. The van der Waals surface area contributed by atoms with Crippen LogP contribution in [0.2, 0.25) is 0 Å². The van der Waals surface area contributed by atoms with Gasteiger partial charge in [-0.1, -0.05) is 0 Å². The molecule has 0 saturated carbocycles. The Morgan fingerprint density at radius 3 is 1.63 bits per heavy atom. The number of hydrogen-bond donors (Lipinski definition) is 2. The van der Waals surface area contributed by atoms with Crippen LogP contribution in [0.25, 0.3) is 0 Å². The van der Waals surface area contributed by atoms with Gasteiger partial charge >= 0.3 is 0 Å². The number of nitrogens with two attached hydrogens (primary N) is 1. The van der Waals surface area contributed by atoms with E-state index < -0.39 is 10.0 Å². The summed E-state index contributed by atoms with van der Waals surface area (Å²) in [6, 6.07) is 0. The minimum absolute atomic E-state index is 0. The van der Waals surface area contributed by atoms with Gasteiger partial charge in [0.25, 0.3) is 0 Å². The number of rotatable bonds is 4. The maximum atomic E-state index is 12.3. The van der Waals surface area contributed by atoms with E-state index in [4.69, 9.17) is 5.73 Å². The lowest BCUT2D eigenvalue weighted by Gasteiger charge is -2.18. The van der Waals surface area contributed by atoms with Crippen molar-refractivity contribution in [1.82, 2.24) is 4.72 Å². The molecule has 0 aliphatic heterocycles. The van der Waals surface area contributed by atoms with Crippen LogP contribution in [0.3, 0.4) is 0 Å². The van der Waals surface area contributed by atoms with Gasteiger partial charge in [0.1, 0.15) is 0 Å². The number of halogens is 1. The summed E-state index contributed by atoms with van der Waals surface area (Å²) >= 11 is 0. The van der Waals surface area contributed by atoms with E-state index in [1.165, 1.54) is 0 Å². The molecule has 1 aromatic carbocycles. The van der Waals surface area contributed by atoms with E-state index in [2.05, 4.69) is 4.72 Å². The maximum Gasteiger partial charge on any atom is 0.241 e. The fourth-order valence-corrected chi connectivity index (χ4v) is 3.78. The van der Waals surface area contributed by atoms with Crippen molar-refractivity contribution in [3.63, 3.8) is 0 Å². The van der Waals surface area contributed by atoms with Crippen LogP contribution in [0.1, 0.15) is 27.8 Å². The van der Waals surface area contributed by atoms with Crippen LogP contribution in [0.5, 0.6) is 0 Å². The minimum atomic E-state index is -3.48. The third-order valence-corrected chi connectivity index (χ3v) is 5.37. The van der Waals surface area contributed by atoms with Crippen molar-refractivity contribution >= 4 is 22.4 Å². The maximum absolute atomic E-state index is 12.3. The zero-order chi connectivity index (χ0) is 14.1. The van der Waals surface area contributed by atoms with E-state index in [0.29, 0.717) is 11.4 Å². The molecular weight excluding hydrogens is 284 g/mol. The highest BCUT2D eigenvalue weighted by Gasteiger charge is 2.22. The van der Waals surface area contributed by atoms with Crippen LogP contribution in [0.15, 0.2) is 4.90 Å². The van der Waals surface area contributed by atoms with Gasteiger partial charge in [-0.15, -0.1) is 12.4 Å². The molecule has 3 N–H and O–H groups in total. The third-order valence-electron chi connectivity index (χ3n) is 3.64. The molecule has 110 valence electrons. The standard InChI is InChI=1S/C13H22N2O2S.ClH/c1-8-9(2)11(4)13(12(5)10(8)3)18(16,17)15-7-6-14;/h15H,6-7,14H2,1-5H3;1H. The van der Waals surface area contributed by atoms with Gasteiger partial charge in [0.15, 0.2) is 0 Å². The smallest absolute Gasteiger partial charge is 0.241 e. The van der Waals surface area contributed by atoms with Gasteiger partial charge in [-0.2, -0.15) is 0 Å². The quantitative estimate of drug-likeness (QED) is 0.892. The Kier molecular flexibility index (Phi) is 6.48. The van der Waals surface area contributed by atoms with Gasteiger partial charge in [0.05, 0.1) is 4.90 Å². The molecule has 1 aromatic rings. The molecule has 4 nitrogen and oxygen atoms in total. The molecule has 0 radical (unpaired) electrons. The van der Waals surface area contributed by atoms with Crippen molar-refractivity contribution in [2.45, 2.75) is 39.5 Å². The summed E-state index contributed by atoms with van der Waals surface area (Å²) < 4.78 is 27.1. The molecule has 0 amide bonds. The summed E-state index contributed by atoms with van der Waals surface area (Å²) in [6.07, 6.45) is 0. The van der Waals surface area contributed by atoms with Gasteiger partial charge in [0.2, 0.25) is 10.0 Å². The predicted molar refractivity (Wildman–Crippen MR) is 81.6 cm³/mol. The van der Waals surface area contributed by atoms with Crippen molar-refractivity contribution in [3.05, 3.63) is 27.8 Å². The molecule has 0 fully saturated rings. The highest BCUT2D eigenvalue weighted by Crippen LogP contribution is 2.29. The number of sulfonamides is 1. The molecule has 0 spiro atoms. The average Bonchev–Trinajstić information content (AvgIpc) is 2.31. The molecule has 0 aliphatic rings. The van der Waals surface area contributed by atoms with Crippen molar-refractivity contribution in [2.75, 3.05) is 13.1 Å². The molecule has 0 aromatic heterocycles. The SMILES string of the molecule is Cc1c(C)c(C)c(S(=O)(=O)NCCN)c(C)c1C.Cl. The largest absolute Gasteiger partial charge is 0.329 e. The molecular formula is C13H23ClN2O2S. The second kappa shape index (κ2) is 6.70. The summed E-state index contributed by atoms with van der Waals surface area (Å²) in [4.78, 5) is 0.400. The lowest BCUT2D eigenvalue weighted by Crippen LogP contribution is -2.30. The zero-order valence-electron chi connectivity index (χ0n) is 12.1. The Labute approximate surface area is 122 Å². The fourth-order valence-electron chi connectivity index (χ4n) is 2.13. The Hall–Kier alpha value is -0.620. The molecule has 0 saturated heterocycles. The van der Waals surface area contributed by atoms with Crippen LogP contribution in [0, 0.1) is 34.6 Å². The molecule has 19 heavy (non-hydrogen) atoms. The summed E-state index contributed by atoms with van der Waals surface area (Å²) in [5.41, 5.74) is 10.2. The van der Waals surface area contributed by atoms with Crippen LogP contribution >= 0.6 is 12.4 Å². The summed E-state index contributed by atoms with van der Waals surface area (Å²) in [5.74, 6) is 0. The molecule has 0 aliphatic carbocycles. The van der Waals surface area contributed by atoms with Crippen molar-refractivity contribution in [1.29, 1.82) is 0 Å². The molecule has 6 heteroatoms. The Morgan fingerprint density at radius 1 is 0.895 bits per heavy atom. The van der Waals surface area contributed by atoms with Crippen LogP contribution < -0.4 is 10.5 Å². The van der Waals surface area contributed by atoms with Crippen LogP contribution in [0.4, 0.5) is 0 Å². The van der Waals surface area contributed by atoms with Gasteiger partial charge < -0.3 is 5.73 Å². The Balaban J connectivity index is 0.00000324. The Morgan fingerprint density at radius 2 is 1.26 bits per heavy atom. The lowest BCUT2D eigenvalue weighted by molar-refractivity contribution is 0.580. The summed E-state index contributed by atoms with van der Waals surface area (Å²) in [6.45, 7) is 10.2. The molecule has 0 atom stereocenters. The van der Waals surface area contributed by atoms with Crippen molar-refractivity contribution in [3.8, 4) is 0 Å². The predicted octanol–water partition coefficient (Wildman–Crippen LogP) is 1.89. The highest BCUT2D eigenvalue weighted by molar-refractivity contribution is 7.89. The van der Waals surface area contributed by atoms with Gasteiger partial charge in [0, 0.05) is 13.1 Å². The fraction of sp³-hybridized carbons (Fsp3) is 0.538. The molecule has 0 unspecified atom stereocenters. The van der Waals surface area contributed by atoms with Gasteiger partial charge in [-0.05, 0) is 62.4 Å². The minimum Gasteiger partial charge on any atom is -0.329 e. The summed E-state index contributed by atoms with van der Waals surface area (Å²) in [7, 11) is -3.48. The van der Waals surface area contributed by atoms with E-state index >= 15 is 0 Å². The molecule has 0 bridgehead atoms. The number of nitrogens with one attached hydrogen (secondary N) is 1. The highest BCUT2D eigenvalue weighted by atomic mass is 35.5. The monoisotopic (exact) mass is 306 g/mol. The first kappa shape index (κ1) is 18.4. The Bertz CT molecular complexity index is 539. The van der Waals surface area contributed by atoms with Gasteiger partial charge in [-0.3, -0.25) is 0 Å². The topological polar surface area (TPSA) is 72.2 Å². The van der Waals surface area contributed by atoms with E-state index in [1.807, 2.05) is 34.6 Å². The lowest BCUT2D eigenvalue weighted by atomic mass is 9.95. The van der Waals surface area contributed by atoms with E-state index in [0.717, 1.165) is 27.8 Å². The van der Waals surface area contributed by atoms with E-state index in [1.54, 1.807) is 0 Å². The molecule has 0 heterocycles. The van der Waals surface area contributed by atoms with E-state index in [-0.39, 0.29) is 19.0 Å². The van der Waals surface area contributed by atoms with Crippen molar-refractivity contribution in [2.24, 2.45) is 5.73 Å². The van der Waals surface area contributed by atoms with Crippen LogP contribution in [-0.4, -0.2) is 21.5 Å².